The number of hydrogen-bond acceptors (Lipinski definition) is 2. The molecule has 0 aromatic carbocycles. The lowest BCUT2D eigenvalue weighted by molar-refractivity contribution is -0.144. The van der Waals surface area contributed by atoms with Crippen LogP contribution in [-0.4, -0.2) is 23.7 Å². The molecule has 0 aromatic heterocycles. The average Bonchev–Trinajstić information content (AvgIpc) is 2.38. The normalized spacial score (nSPS) is 33.5. The van der Waals surface area contributed by atoms with Crippen molar-refractivity contribution in [3.63, 3.8) is 0 Å². The van der Waals surface area contributed by atoms with Crippen LogP contribution in [0.4, 0.5) is 0 Å². The topological polar surface area (TPSA) is 49.3 Å². The molecule has 3 atom stereocenters. The van der Waals surface area contributed by atoms with Crippen molar-refractivity contribution < 1.29 is 9.90 Å². The lowest BCUT2D eigenvalue weighted by Crippen LogP contribution is -2.38. The monoisotopic (exact) mass is 237 g/mol. The van der Waals surface area contributed by atoms with Crippen molar-refractivity contribution >= 4 is 5.97 Å². The Labute approximate surface area is 103 Å². The molecule has 3 unspecified atom stereocenters. The highest BCUT2D eigenvalue weighted by Gasteiger charge is 2.30. The van der Waals surface area contributed by atoms with Gasteiger partial charge in [0.15, 0.2) is 0 Å². The lowest BCUT2D eigenvalue weighted by atomic mass is 9.79. The standard InChI is InChI=1S/C14H23NO2/c16-14(17)13-9-5-4-6-11(13)10-15-12-7-2-1-3-8-12/h2,7,11-13,15H,1,3-6,8-10H2,(H,16,17). The van der Waals surface area contributed by atoms with Gasteiger partial charge in [-0.1, -0.05) is 25.0 Å². The Bertz CT molecular complexity index is 288. The molecule has 0 saturated heterocycles. The maximum atomic E-state index is 11.2. The zero-order valence-electron chi connectivity index (χ0n) is 10.4. The van der Waals surface area contributed by atoms with Crippen molar-refractivity contribution in [3.05, 3.63) is 12.2 Å². The predicted molar refractivity (Wildman–Crippen MR) is 67.9 cm³/mol. The van der Waals surface area contributed by atoms with Gasteiger partial charge in [0.05, 0.1) is 5.92 Å². The van der Waals surface area contributed by atoms with E-state index in [2.05, 4.69) is 17.5 Å². The number of aliphatic carboxylic acids is 1. The summed E-state index contributed by atoms with van der Waals surface area (Å²) in [7, 11) is 0. The summed E-state index contributed by atoms with van der Waals surface area (Å²) in [6, 6.07) is 0.472. The van der Waals surface area contributed by atoms with Gasteiger partial charge >= 0.3 is 5.97 Å². The molecule has 0 aromatic rings. The van der Waals surface area contributed by atoms with Gasteiger partial charge in [-0.3, -0.25) is 4.79 Å². The van der Waals surface area contributed by atoms with Crippen LogP contribution in [0, 0.1) is 11.8 Å². The van der Waals surface area contributed by atoms with E-state index in [1.807, 2.05) is 0 Å². The lowest BCUT2D eigenvalue weighted by Gasteiger charge is -2.30. The second kappa shape index (κ2) is 6.20. The van der Waals surface area contributed by atoms with Gasteiger partial charge in [0.1, 0.15) is 0 Å². The van der Waals surface area contributed by atoms with Gasteiger partial charge in [0, 0.05) is 6.04 Å². The first-order valence-corrected chi connectivity index (χ1v) is 6.90. The van der Waals surface area contributed by atoms with Crippen LogP contribution in [0.1, 0.15) is 44.9 Å². The number of hydrogen-bond donors (Lipinski definition) is 2. The van der Waals surface area contributed by atoms with Crippen molar-refractivity contribution in [1.29, 1.82) is 0 Å². The van der Waals surface area contributed by atoms with E-state index in [-0.39, 0.29) is 5.92 Å². The summed E-state index contributed by atoms with van der Waals surface area (Å²) in [5.41, 5.74) is 0. The Kier molecular flexibility index (Phi) is 4.60. The van der Waals surface area contributed by atoms with Crippen molar-refractivity contribution in [1.82, 2.24) is 5.32 Å². The minimum atomic E-state index is -0.601. The molecule has 2 N–H and O–H groups in total. The molecule has 0 aliphatic heterocycles. The molecule has 0 heterocycles. The second-order valence-electron chi connectivity index (χ2n) is 5.36. The van der Waals surface area contributed by atoms with Gasteiger partial charge in [-0.25, -0.2) is 0 Å². The van der Waals surface area contributed by atoms with Crippen molar-refractivity contribution in [3.8, 4) is 0 Å². The van der Waals surface area contributed by atoms with Gasteiger partial charge in [0.2, 0.25) is 0 Å². The van der Waals surface area contributed by atoms with Crippen molar-refractivity contribution in [2.75, 3.05) is 6.54 Å². The van der Waals surface area contributed by atoms with E-state index in [0.29, 0.717) is 12.0 Å². The molecule has 0 amide bonds. The molecule has 2 aliphatic carbocycles. The molecule has 3 heteroatoms. The summed E-state index contributed by atoms with van der Waals surface area (Å²) in [6.45, 7) is 0.867. The molecule has 2 aliphatic rings. The Hall–Kier alpha value is -0.830. The predicted octanol–water partition coefficient (Wildman–Crippen LogP) is 2.58. The fourth-order valence-corrected chi connectivity index (χ4v) is 3.06. The summed E-state index contributed by atoms with van der Waals surface area (Å²) in [4.78, 5) is 11.2. The van der Waals surface area contributed by atoms with E-state index in [0.717, 1.165) is 25.8 Å². The first-order chi connectivity index (χ1) is 8.27. The second-order valence-corrected chi connectivity index (χ2v) is 5.36. The maximum Gasteiger partial charge on any atom is 0.306 e. The molecule has 3 nitrogen and oxygen atoms in total. The summed E-state index contributed by atoms with van der Waals surface area (Å²) >= 11 is 0. The molecule has 96 valence electrons. The quantitative estimate of drug-likeness (QED) is 0.739. The van der Waals surface area contributed by atoms with Crippen LogP contribution in [0.25, 0.3) is 0 Å². The highest BCUT2D eigenvalue weighted by atomic mass is 16.4. The summed E-state index contributed by atoms with van der Waals surface area (Å²) in [6.07, 6.45) is 12.3. The first kappa shape index (κ1) is 12.6. The minimum Gasteiger partial charge on any atom is -0.481 e. The fourth-order valence-electron chi connectivity index (χ4n) is 3.06. The number of rotatable bonds is 4. The Morgan fingerprint density at radius 1 is 1.24 bits per heavy atom. The van der Waals surface area contributed by atoms with E-state index < -0.39 is 5.97 Å². The Balaban J connectivity index is 1.81. The zero-order valence-corrected chi connectivity index (χ0v) is 10.4. The SMILES string of the molecule is O=C(O)C1CCCCC1CNC1C=CCCC1. The van der Waals surface area contributed by atoms with Crippen LogP contribution in [-0.2, 0) is 4.79 Å². The summed E-state index contributed by atoms with van der Waals surface area (Å²) in [5, 5.41) is 12.7. The summed E-state index contributed by atoms with van der Waals surface area (Å²) in [5.74, 6) is -0.393. The number of carboxylic acid groups (broad SMARTS) is 1. The van der Waals surface area contributed by atoms with Crippen LogP contribution >= 0.6 is 0 Å². The maximum absolute atomic E-state index is 11.2. The van der Waals surface area contributed by atoms with E-state index in [1.54, 1.807) is 0 Å². The Morgan fingerprint density at radius 3 is 2.76 bits per heavy atom. The van der Waals surface area contributed by atoms with E-state index >= 15 is 0 Å². The molecule has 2 rings (SSSR count). The third-order valence-electron chi connectivity index (χ3n) is 4.12. The molecule has 0 bridgehead atoms. The van der Waals surface area contributed by atoms with Crippen molar-refractivity contribution in [2.45, 2.75) is 51.0 Å². The van der Waals surface area contributed by atoms with Crippen molar-refractivity contribution in [2.24, 2.45) is 11.8 Å². The van der Waals surface area contributed by atoms with Crippen LogP contribution in [0.2, 0.25) is 0 Å². The molecule has 0 radical (unpaired) electrons. The molecule has 1 saturated carbocycles. The third-order valence-corrected chi connectivity index (χ3v) is 4.12. The highest BCUT2D eigenvalue weighted by Crippen LogP contribution is 2.30. The Morgan fingerprint density at radius 2 is 2.06 bits per heavy atom. The number of carbonyl (C=O) groups is 1. The van der Waals surface area contributed by atoms with Crippen LogP contribution in [0.15, 0.2) is 12.2 Å². The first-order valence-electron chi connectivity index (χ1n) is 6.90. The number of nitrogens with one attached hydrogen (secondary N) is 1. The highest BCUT2D eigenvalue weighted by molar-refractivity contribution is 5.70. The van der Waals surface area contributed by atoms with Gasteiger partial charge < -0.3 is 10.4 Å². The molecule has 17 heavy (non-hydrogen) atoms. The van der Waals surface area contributed by atoms with Crippen LogP contribution in [0.5, 0.6) is 0 Å². The van der Waals surface area contributed by atoms with Gasteiger partial charge in [0.25, 0.3) is 0 Å². The third kappa shape index (κ3) is 3.56. The molecular weight excluding hydrogens is 214 g/mol. The number of allylic oxidation sites excluding steroid dienone is 1. The average molecular weight is 237 g/mol. The van der Waals surface area contributed by atoms with Crippen LogP contribution in [0.3, 0.4) is 0 Å². The minimum absolute atomic E-state index is 0.121. The van der Waals surface area contributed by atoms with E-state index in [1.165, 1.54) is 25.7 Å². The molecular formula is C14H23NO2. The van der Waals surface area contributed by atoms with Crippen LogP contribution < -0.4 is 5.32 Å². The molecule has 0 spiro atoms. The van der Waals surface area contributed by atoms with Gasteiger partial charge in [-0.05, 0) is 44.6 Å². The van der Waals surface area contributed by atoms with Gasteiger partial charge in [-0.2, -0.15) is 0 Å². The fraction of sp³-hybridized carbons (Fsp3) is 0.786. The largest absolute Gasteiger partial charge is 0.481 e. The number of carboxylic acids is 1. The zero-order chi connectivity index (χ0) is 12.1. The summed E-state index contributed by atoms with van der Waals surface area (Å²) < 4.78 is 0. The van der Waals surface area contributed by atoms with E-state index in [4.69, 9.17) is 0 Å². The van der Waals surface area contributed by atoms with Gasteiger partial charge in [-0.15, -0.1) is 0 Å². The van der Waals surface area contributed by atoms with E-state index in [9.17, 15) is 9.90 Å². The smallest absolute Gasteiger partial charge is 0.306 e. The molecule has 1 fully saturated rings.